The Morgan fingerprint density at radius 2 is 1.81 bits per heavy atom. The van der Waals surface area contributed by atoms with Gasteiger partial charge in [-0.15, -0.1) is 0 Å². The molecule has 1 fully saturated rings. The molecule has 2 heterocycles. The molecule has 0 saturated heterocycles. The second-order valence-corrected chi connectivity index (χ2v) is 6.86. The minimum atomic E-state index is -0.972. The molecule has 2 N–H and O–H groups in total. The number of aromatic nitrogens is 3. The van der Waals surface area contributed by atoms with Gasteiger partial charge in [0.15, 0.2) is 0 Å². The first kappa shape index (κ1) is 17.2. The Labute approximate surface area is 155 Å². The first-order valence-electron chi connectivity index (χ1n) is 9.03. The van der Waals surface area contributed by atoms with Crippen LogP contribution < -0.4 is 10.9 Å². The van der Waals surface area contributed by atoms with Gasteiger partial charge in [-0.3, -0.25) is 9.36 Å². The van der Waals surface area contributed by atoms with Crippen LogP contribution in [0, 0.1) is 6.92 Å². The van der Waals surface area contributed by atoms with Crippen molar-refractivity contribution in [1.29, 1.82) is 0 Å². The van der Waals surface area contributed by atoms with Crippen molar-refractivity contribution >= 4 is 28.6 Å². The van der Waals surface area contributed by atoms with E-state index >= 15 is 0 Å². The van der Waals surface area contributed by atoms with Gasteiger partial charge in [0.25, 0.3) is 5.56 Å². The molecule has 0 unspecified atom stereocenters. The largest absolute Gasteiger partial charge is 0.478 e. The van der Waals surface area contributed by atoms with Crippen LogP contribution in [0.25, 0.3) is 11.0 Å². The van der Waals surface area contributed by atoms with E-state index in [-0.39, 0.29) is 17.2 Å². The van der Waals surface area contributed by atoms with Gasteiger partial charge >= 0.3 is 5.97 Å². The summed E-state index contributed by atoms with van der Waals surface area (Å²) < 4.78 is 1.80. The number of pyridine rings is 1. The zero-order valence-corrected chi connectivity index (χ0v) is 15.0. The molecule has 0 spiro atoms. The number of rotatable bonds is 4. The number of aromatic carboxylic acids is 1. The summed E-state index contributed by atoms with van der Waals surface area (Å²) in [6.07, 6.45) is 4.22. The molecule has 1 aromatic carbocycles. The predicted octanol–water partition coefficient (Wildman–Crippen LogP) is 3.66. The molecule has 1 aliphatic carbocycles. The van der Waals surface area contributed by atoms with E-state index in [2.05, 4.69) is 15.3 Å². The fourth-order valence-corrected chi connectivity index (χ4v) is 3.68. The van der Waals surface area contributed by atoms with Crippen molar-refractivity contribution in [3.63, 3.8) is 0 Å². The zero-order chi connectivity index (χ0) is 19.0. The number of carboxylic acid groups (broad SMARTS) is 1. The van der Waals surface area contributed by atoms with Crippen molar-refractivity contribution in [2.75, 3.05) is 5.32 Å². The van der Waals surface area contributed by atoms with Crippen LogP contribution in [-0.4, -0.2) is 25.6 Å². The van der Waals surface area contributed by atoms with Gasteiger partial charge in [-0.1, -0.05) is 12.8 Å². The van der Waals surface area contributed by atoms with E-state index in [0.29, 0.717) is 17.3 Å². The Hall–Kier alpha value is -3.22. The van der Waals surface area contributed by atoms with Crippen LogP contribution in [0.4, 0.5) is 11.6 Å². The maximum absolute atomic E-state index is 12.5. The molecule has 27 heavy (non-hydrogen) atoms. The Bertz CT molecular complexity index is 1070. The lowest BCUT2D eigenvalue weighted by molar-refractivity contribution is 0.0697. The third-order valence-corrected chi connectivity index (χ3v) is 5.05. The van der Waals surface area contributed by atoms with Gasteiger partial charge in [-0.25, -0.2) is 9.78 Å². The van der Waals surface area contributed by atoms with Gasteiger partial charge in [-0.05, 0) is 50.1 Å². The molecule has 4 rings (SSSR count). The SMILES string of the molecule is Cc1nc(Nc2ccc(C(=O)O)cc2)nc2c1ccc(=O)n2C1CCCC1. The van der Waals surface area contributed by atoms with E-state index in [9.17, 15) is 9.59 Å². The quantitative estimate of drug-likeness (QED) is 0.733. The van der Waals surface area contributed by atoms with Crippen LogP contribution in [0.15, 0.2) is 41.2 Å². The number of carboxylic acids is 1. The zero-order valence-electron chi connectivity index (χ0n) is 15.0. The summed E-state index contributed by atoms with van der Waals surface area (Å²) in [5, 5.41) is 13.0. The molecule has 1 saturated carbocycles. The average molecular weight is 364 g/mol. The van der Waals surface area contributed by atoms with Gasteiger partial charge in [0.1, 0.15) is 5.65 Å². The van der Waals surface area contributed by atoms with Crippen molar-refractivity contribution in [2.24, 2.45) is 0 Å². The summed E-state index contributed by atoms with van der Waals surface area (Å²) in [6.45, 7) is 1.90. The Balaban J connectivity index is 1.76. The van der Waals surface area contributed by atoms with Crippen LogP contribution in [0.5, 0.6) is 0 Å². The van der Waals surface area contributed by atoms with E-state index in [1.807, 2.05) is 6.92 Å². The highest BCUT2D eigenvalue weighted by Gasteiger charge is 2.21. The van der Waals surface area contributed by atoms with E-state index in [4.69, 9.17) is 5.11 Å². The number of anilines is 2. The van der Waals surface area contributed by atoms with Crippen LogP contribution in [-0.2, 0) is 0 Å². The number of nitrogens with zero attached hydrogens (tertiary/aromatic N) is 3. The molecule has 3 aromatic rings. The van der Waals surface area contributed by atoms with Crippen LogP contribution >= 0.6 is 0 Å². The smallest absolute Gasteiger partial charge is 0.335 e. The van der Waals surface area contributed by atoms with Gasteiger partial charge in [-0.2, -0.15) is 4.98 Å². The fourth-order valence-electron chi connectivity index (χ4n) is 3.68. The normalized spacial score (nSPS) is 14.6. The summed E-state index contributed by atoms with van der Waals surface area (Å²) in [5.74, 6) is -0.583. The second-order valence-electron chi connectivity index (χ2n) is 6.86. The molecule has 0 aliphatic heterocycles. The highest BCUT2D eigenvalue weighted by atomic mass is 16.4. The summed E-state index contributed by atoms with van der Waals surface area (Å²) in [7, 11) is 0. The van der Waals surface area contributed by atoms with Gasteiger partial charge in [0.05, 0.1) is 11.3 Å². The molecular formula is C20H20N4O3. The first-order valence-corrected chi connectivity index (χ1v) is 9.03. The van der Waals surface area contributed by atoms with Gasteiger partial charge in [0.2, 0.25) is 5.95 Å². The lowest BCUT2D eigenvalue weighted by Gasteiger charge is -2.17. The van der Waals surface area contributed by atoms with Crippen LogP contribution in [0.3, 0.4) is 0 Å². The average Bonchev–Trinajstić information content (AvgIpc) is 3.16. The van der Waals surface area contributed by atoms with Crippen molar-refractivity contribution in [2.45, 2.75) is 38.6 Å². The van der Waals surface area contributed by atoms with Crippen molar-refractivity contribution in [3.05, 3.63) is 58.0 Å². The predicted molar refractivity (Wildman–Crippen MR) is 103 cm³/mol. The van der Waals surface area contributed by atoms with Gasteiger partial charge in [0, 0.05) is 23.2 Å². The second kappa shape index (κ2) is 6.83. The number of hydrogen-bond donors (Lipinski definition) is 2. The molecular weight excluding hydrogens is 344 g/mol. The molecule has 7 heteroatoms. The summed E-state index contributed by atoms with van der Waals surface area (Å²) in [4.78, 5) is 32.6. The first-order chi connectivity index (χ1) is 13.0. The number of aryl methyl sites for hydroxylation is 1. The number of carbonyl (C=O) groups is 1. The molecule has 7 nitrogen and oxygen atoms in total. The topological polar surface area (TPSA) is 97.1 Å². The highest BCUT2D eigenvalue weighted by molar-refractivity contribution is 5.88. The molecule has 0 bridgehead atoms. The lowest BCUT2D eigenvalue weighted by atomic mass is 10.2. The number of nitrogens with one attached hydrogen (secondary N) is 1. The minimum absolute atomic E-state index is 0.0377. The molecule has 0 atom stereocenters. The van der Waals surface area contributed by atoms with Crippen molar-refractivity contribution < 1.29 is 9.90 Å². The molecule has 0 radical (unpaired) electrons. The molecule has 1 aliphatic rings. The van der Waals surface area contributed by atoms with E-state index in [0.717, 1.165) is 36.8 Å². The summed E-state index contributed by atoms with van der Waals surface area (Å²) in [6, 6.07) is 9.93. The highest BCUT2D eigenvalue weighted by Crippen LogP contribution is 2.31. The van der Waals surface area contributed by atoms with Crippen molar-refractivity contribution in [3.8, 4) is 0 Å². The van der Waals surface area contributed by atoms with Crippen LogP contribution in [0.2, 0.25) is 0 Å². The molecule has 138 valence electrons. The Kier molecular flexibility index (Phi) is 4.35. The fraction of sp³-hybridized carbons (Fsp3) is 0.300. The number of benzene rings is 1. The molecule has 0 amide bonds. The summed E-state index contributed by atoms with van der Waals surface area (Å²) >= 11 is 0. The third-order valence-electron chi connectivity index (χ3n) is 5.05. The van der Waals surface area contributed by atoms with E-state index in [1.165, 1.54) is 12.1 Å². The van der Waals surface area contributed by atoms with Crippen molar-refractivity contribution in [1.82, 2.24) is 14.5 Å². The maximum atomic E-state index is 12.5. The van der Waals surface area contributed by atoms with E-state index in [1.54, 1.807) is 28.8 Å². The number of fused-ring (bicyclic) bond motifs is 1. The third kappa shape index (κ3) is 3.28. The maximum Gasteiger partial charge on any atom is 0.335 e. The minimum Gasteiger partial charge on any atom is -0.478 e. The number of hydrogen-bond acceptors (Lipinski definition) is 5. The van der Waals surface area contributed by atoms with Crippen LogP contribution in [0.1, 0.15) is 47.8 Å². The standard InChI is InChI=1S/C20H20N4O3/c1-12-16-10-11-17(25)24(15-4-2-3-5-15)18(16)23-20(21-12)22-14-8-6-13(7-9-14)19(26)27/h6-11,15H,2-5H2,1H3,(H,26,27)(H,21,22,23). The monoisotopic (exact) mass is 364 g/mol. The summed E-state index contributed by atoms with van der Waals surface area (Å²) in [5.41, 5.74) is 2.29. The van der Waals surface area contributed by atoms with Gasteiger partial charge < -0.3 is 10.4 Å². The lowest BCUT2D eigenvalue weighted by Crippen LogP contribution is -2.24. The van der Waals surface area contributed by atoms with E-state index < -0.39 is 5.97 Å². The Morgan fingerprint density at radius 3 is 2.48 bits per heavy atom. The molecule has 2 aromatic heterocycles. The Morgan fingerprint density at radius 1 is 1.11 bits per heavy atom.